The van der Waals surface area contributed by atoms with Gasteiger partial charge in [0.05, 0.1) is 38.4 Å². The fourth-order valence-electron chi connectivity index (χ4n) is 5.16. The zero-order chi connectivity index (χ0) is 27.3. The van der Waals surface area contributed by atoms with Crippen molar-refractivity contribution in [3.8, 4) is 5.75 Å². The molecule has 0 bridgehead atoms. The van der Waals surface area contributed by atoms with Crippen LogP contribution in [0.3, 0.4) is 0 Å². The molecule has 38 heavy (non-hydrogen) atoms. The molecular formula is C27H40N4O6S. The van der Waals surface area contributed by atoms with Crippen molar-refractivity contribution in [2.45, 2.75) is 38.3 Å². The molecule has 1 amide bonds. The van der Waals surface area contributed by atoms with E-state index in [1.807, 2.05) is 4.90 Å². The van der Waals surface area contributed by atoms with E-state index in [1.54, 1.807) is 33.1 Å². The molecule has 0 atom stereocenters. The lowest BCUT2D eigenvalue weighted by Crippen LogP contribution is -2.41. The van der Waals surface area contributed by atoms with Crippen LogP contribution in [0.4, 0.5) is 0 Å². The fourth-order valence-corrected chi connectivity index (χ4v) is 6.72. The van der Waals surface area contributed by atoms with Gasteiger partial charge >= 0.3 is 0 Å². The molecule has 4 rings (SSSR count). The first-order valence-corrected chi connectivity index (χ1v) is 14.6. The van der Waals surface area contributed by atoms with Crippen LogP contribution in [0.1, 0.15) is 22.5 Å². The van der Waals surface area contributed by atoms with Crippen molar-refractivity contribution in [3.05, 3.63) is 46.8 Å². The van der Waals surface area contributed by atoms with Crippen molar-refractivity contribution in [3.63, 3.8) is 0 Å². The van der Waals surface area contributed by atoms with Gasteiger partial charge in [0.25, 0.3) is 0 Å². The zero-order valence-corrected chi connectivity index (χ0v) is 23.8. The molecule has 2 aliphatic rings. The number of aryl methyl sites for hydroxylation is 2. The molecule has 210 valence electrons. The molecule has 0 saturated carbocycles. The zero-order valence-electron chi connectivity index (χ0n) is 22.9. The summed E-state index contributed by atoms with van der Waals surface area (Å²) in [6.07, 6.45) is 0.989. The number of likely N-dealkylation sites (N-methyl/N-ethyl adjacent to an activating group) is 1. The van der Waals surface area contributed by atoms with E-state index in [9.17, 15) is 13.2 Å². The number of ether oxygens (including phenoxy) is 3. The third-order valence-electron chi connectivity index (χ3n) is 7.36. The van der Waals surface area contributed by atoms with Gasteiger partial charge in [0.1, 0.15) is 12.4 Å². The van der Waals surface area contributed by atoms with Crippen LogP contribution < -0.4 is 4.74 Å². The molecular weight excluding hydrogens is 508 g/mol. The number of methoxy groups -OCH3 is 1. The molecule has 11 heteroatoms. The van der Waals surface area contributed by atoms with Crippen LogP contribution in [-0.4, -0.2) is 106 Å². The number of morpholine rings is 1. The van der Waals surface area contributed by atoms with Crippen molar-refractivity contribution < 1.29 is 27.4 Å². The maximum atomic E-state index is 13.1. The second-order valence-electron chi connectivity index (χ2n) is 9.96. The maximum Gasteiger partial charge on any atom is 0.248 e. The number of benzene rings is 1. The average Bonchev–Trinajstić information content (AvgIpc) is 3.31. The number of carbonyl (C=O) groups excluding carboxylic acids is 1. The first-order valence-electron chi connectivity index (χ1n) is 13.1. The maximum absolute atomic E-state index is 13.1. The molecule has 0 radical (unpaired) electrons. The molecule has 0 spiro atoms. The van der Waals surface area contributed by atoms with E-state index in [0.29, 0.717) is 30.0 Å². The first kappa shape index (κ1) is 28.6. The Morgan fingerprint density at radius 3 is 2.47 bits per heavy atom. The second kappa shape index (κ2) is 12.6. The third-order valence-corrected chi connectivity index (χ3v) is 9.53. The van der Waals surface area contributed by atoms with Gasteiger partial charge in [-0.1, -0.05) is 0 Å². The predicted octanol–water partition coefficient (Wildman–Crippen LogP) is 1.67. The number of amides is 1. The standard InChI is InChI=1S/C27H40N4O6S/c1-21-17-25(35-4)18-22(2)27(21)38(33,34)28(3)11-14-37-20-26(32)30-9-10-31-23(5-6-24(31)19-30)7-8-29-12-15-36-16-13-29/h5-6,17-18H,7-16,19-20H2,1-4H3. The molecule has 2 aliphatic heterocycles. The van der Waals surface area contributed by atoms with Gasteiger partial charge < -0.3 is 23.7 Å². The Morgan fingerprint density at radius 2 is 1.79 bits per heavy atom. The molecule has 1 saturated heterocycles. The highest BCUT2D eigenvalue weighted by Crippen LogP contribution is 2.27. The molecule has 0 N–H and O–H groups in total. The molecule has 1 fully saturated rings. The van der Waals surface area contributed by atoms with Crippen LogP contribution in [-0.2, 0) is 43.8 Å². The van der Waals surface area contributed by atoms with E-state index in [0.717, 1.165) is 51.5 Å². The first-order chi connectivity index (χ1) is 18.2. The molecule has 0 unspecified atom stereocenters. The predicted molar refractivity (Wildman–Crippen MR) is 144 cm³/mol. The SMILES string of the molecule is COc1cc(C)c(S(=O)(=O)N(C)CCOCC(=O)N2CCn3c(CCN4CCOCC4)ccc3C2)c(C)c1. The summed E-state index contributed by atoms with van der Waals surface area (Å²) in [6, 6.07) is 7.71. The lowest BCUT2D eigenvalue weighted by Gasteiger charge is -2.30. The van der Waals surface area contributed by atoms with E-state index in [2.05, 4.69) is 21.6 Å². The highest BCUT2D eigenvalue weighted by Gasteiger charge is 2.26. The normalized spacial score (nSPS) is 16.6. The van der Waals surface area contributed by atoms with E-state index < -0.39 is 10.0 Å². The van der Waals surface area contributed by atoms with Gasteiger partial charge in [-0.2, -0.15) is 4.31 Å². The monoisotopic (exact) mass is 548 g/mol. The number of hydrogen-bond acceptors (Lipinski definition) is 7. The molecule has 1 aromatic heterocycles. The van der Waals surface area contributed by atoms with Crippen molar-refractivity contribution in [1.29, 1.82) is 0 Å². The summed E-state index contributed by atoms with van der Waals surface area (Å²) in [6.45, 7) is 10.3. The van der Waals surface area contributed by atoms with Gasteiger partial charge in [-0.3, -0.25) is 9.69 Å². The van der Waals surface area contributed by atoms with Gasteiger partial charge in [0.2, 0.25) is 15.9 Å². The van der Waals surface area contributed by atoms with Gasteiger partial charge in [0.15, 0.2) is 0 Å². The Morgan fingerprint density at radius 1 is 1.08 bits per heavy atom. The Bertz CT molecular complexity index is 1200. The molecule has 3 heterocycles. The number of hydrogen-bond donors (Lipinski definition) is 0. The summed E-state index contributed by atoms with van der Waals surface area (Å²) in [5, 5.41) is 0. The van der Waals surface area contributed by atoms with E-state index in [4.69, 9.17) is 14.2 Å². The average molecular weight is 549 g/mol. The number of fused-ring (bicyclic) bond motifs is 1. The van der Waals surface area contributed by atoms with Crippen molar-refractivity contribution in [2.24, 2.45) is 0 Å². The highest BCUT2D eigenvalue weighted by atomic mass is 32.2. The van der Waals surface area contributed by atoms with Crippen molar-refractivity contribution >= 4 is 15.9 Å². The van der Waals surface area contributed by atoms with Gasteiger partial charge in [-0.15, -0.1) is 0 Å². The van der Waals surface area contributed by atoms with Crippen LogP contribution in [0, 0.1) is 13.8 Å². The minimum absolute atomic E-state index is 0.0704. The smallest absolute Gasteiger partial charge is 0.248 e. The van der Waals surface area contributed by atoms with Crippen molar-refractivity contribution in [2.75, 3.05) is 73.3 Å². The fraction of sp³-hybridized carbons (Fsp3) is 0.593. The van der Waals surface area contributed by atoms with Crippen LogP contribution in [0.25, 0.3) is 0 Å². The van der Waals surface area contributed by atoms with Crippen LogP contribution >= 0.6 is 0 Å². The van der Waals surface area contributed by atoms with E-state index in [-0.39, 0.29) is 30.6 Å². The second-order valence-corrected chi connectivity index (χ2v) is 11.9. The molecule has 10 nitrogen and oxygen atoms in total. The number of aromatic nitrogens is 1. The Labute approximate surface area is 226 Å². The quantitative estimate of drug-likeness (QED) is 0.395. The van der Waals surface area contributed by atoms with Gasteiger partial charge in [-0.25, -0.2) is 8.42 Å². The van der Waals surface area contributed by atoms with Crippen molar-refractivity contribution in [1.82, 2.24) is 18.7 Å². The third kappa shape index (κ3) is 6.58. The summed E-state index contributed by atoms with van der Waals surface area (Å²) in [7, 11) is -0.617. The number of rotatable bonds is 11. The number of nitrogens with zero attached hydrogens (tertiary/aromatic N) is 4. The topological polar surface area (TPSA) is 93.5 Å². The Balaban J connectivity index is 1.23. The minimum atomic E-state index is -3.70. The summed E-state index contributed by atoms with van der Waals surface area (Å²) >= 11 is 0. The summed E-state index contributed by atoms with van der Waals surface area (Å²) in [5.41, 5.74) is 3.70. The molecule has 0 aliphatic carbocycles. The van der Waals surface area contributed by atoms with Crippen LogP contribution in [0.15, 0.2) is 29.2 Å². The largest absolute Gasteiger partial charge is 0.497 e. The Kier molecular flexibility index (Phi) is 9.48. The molecule has 2 aromatic rings. The number of carbonyl (C=O) groups is 1. The van der Waals surface area contributed by atoms with Crippen LogP contribution in [0.5, 0.6) is 5.75 Å². The Hall–Kier alpha value is -2.44. The highest BCUT2D eigenvalue weighted by molar-refractivity contribution is 7.89. The minimum Gasteiger partial charge on any atom is -0.497 e. The van der Waals surface area contributed by atoms with Crippen LogP contribution in [0.2, 0.25) is 0 Å². The van der Waals surface area contributed by atoms with Gasteiger partial charge in [0, 0.05) is 64.1 Å². The summed E-state index contributed by atoms with van der Waals surface area (Å²) in [5.74, 6) is 0.539. The van der Waals surface area contributed by atoms with E-state index >= 15 is 0 Å². The molecule has 1 aromatic carbocycles. The lowest BCUT2D eigenvalue weighted by atomic mass is 10.1. The number of sulfonamides is 1. The lowest BCUT2D eigenvalue weighted by molar-refractivity contribution is -0.137. The van der Waals surface area contributed by atoms with E-state index in [1.165, 1.54) is 17.0 Å². The summed E-state index contributed by atoms with van der Waals surface area (Å²) < 4.78 is 46.2. The van der Waals surface area contributed by atoms with Gasteiger partial charge in [-0.05, 0) is 49.2 Å². The summed E-state index contributed by atoms with van der Waals surface area (Å²) in [4.78, 5) is 17.3.